The summed E-state index contributed by atoms with van der Waals surface area (Å²) in [7, 11) is 1.16. The Labute approximate surface area is 211 Å². The lowest BCUT2D eigenvalue weighted by Gasteiger charge is -2.35. The number of ether oxygens (including phenoxy) is 2. The summed E-state index contributed by atoms with van der Waals surface area (Å²) in [4.78, 5) is 47.2. The number of aromatic nitrogens is 2. The second-order valence-corrected chi connectivity index (χ2v) is 9.37. The van der Waals surface area contributed by atoms with Gasteiger partial charge in [0.25, 0.3) is 0 Å². The van der Waals surface area contributed by atoms with Crippen LogP contribution in [0.4, 0.5) is 18.0 Å². The van der Waals surface area contributed by atoms with Gasteiger partial charge < -0.3 is 19.5 Å². The van der Waals surface area contributed by atoms with Gasteiger partial charge in [-0.1, -0.05) is 0 Å². The van der Waals surface area contributed by atoms with Crippen LogP contribution in [0.15, 0.2) is 30.6 Å². The maximum Gasteiger partial charge on any atom is 0.433 e. The maximum atomic E-state index is 12.9. The molecule has 1 aliphatic rings. The molecule has 0 saturated carbocycles. The lowest BCUT2D eigenvalue weighted by Crippen LogP contribution is -2.52. The van der Waals surface area contributed by atoms with Crippen LogP contribution in [-0.4, -0.2) is 74.9 Å². The fourth-order valence-electron chi connectivity index (χ4n) is 3.86. The number of nitrogens with zero attached hydrogens (tertiary/aromatic N) is 4. The van der Waals surface area contributed by atoms with Crippen molar-refractivity contribution in [2.75, 3.05) is 13.7 Å². The Bertz CT molecular complexity index is 1150. The SMILES string of the molecule is COC(=O)c1cnc(-c2ccc(C(F)(F)F)nc2)cc1CN(C=O)C1C(O)CCN1C(=O)OC(C)(C)C. The van der Waals surface area contributed by atoms with E-state index in [0.29, 0.717) is 6.41 Å². The Balaban J connectivity index is 1.96. The van der Waals surface area contributed by atoms with Gasteiger partial charge in [-0.3, -0.25) is 19.7 Å². The van der Waals surface area contributed by atoms with Gasteiger partial charge >= 0.3 is 18.2 Å². The standard InChI is InChI=1S/C24H27F3N4O6/c1-23(2,3)37-22(35)31-8-7-18(33)20(31)30(13-32)12-15-9-17(28-11-16(15)21(34)36-4)14-5-6-19(29-10-14)24(25,26)27/h5-6,9-11,13,18,20,33H,7-8,12H2,1-4H3. The summed E-state index contributed by atoms with van der Waals surface area (Å²) in [5, 5.41) is 10.6. The molecule has 2 aromatic rings. The van der Waals surface area contributed by atoms with Crippen molar-refractivity contribution in [2.24, 2.45) is 0 Å². The first kappa shape index (κ1) is 27.8. The number of pyridine rings is 2. The minimum atomic E-state index is -4.61. The molecular weight excluding hydrogens is 497 g/mol. The minimum Gasteiger partial charge on any atom is -0.465 e. The molecule has 2 atom stereocenters. The number of aliphatic hydroxyl groups is 1. The number of hydrogen-bond acceptors (Lipinski definition) is 8. The summed E-state index contributed by atoms with van der Waals surface area (Å²) in [6.07, 6.45) is -4.71. The molecule has 0 radical (unpaired) electrons. The van der Waals surface area contributed by atoms with Crippen molar-refractivity contribution in [3.8, 4) is 11.3 Å². The van der Waals surface area contributed by atoms with Crippen LogP contribution in [0, 0.1) is 0 Å². The molecule has 3 rings (SSSR count). The predicted molar refractivity (Wildman–Crippen MR) is 123 cm³/mol. The topological polar surface area (TPSA) is 122 Å². The fourth-order valence-corrected chi connectivity index (χ4v) is 3.86. The molecule has 0 aliphatic carbocycles. The summed E-state index contributed by atoms with van der Waals surface area (Å²) in [5.74, 6) is -0.763. The third kappa shape index (κ3) is 6.53. The molecule has 200 valence electrons. The fraction of sp³-hybridized carbons (Fsp3) is 0.458. The molecule has 1 fully saturated rings. The predicted octanol–water partition coefficient (Wildman–Crippen LogP) is 3.24. The zero-order valence-corrected chi connectivity index (χ0v) is 20.7. The number of alkyl halides is 3. The molecule has 0 spiro atoms. The number of amides is 2. The van der Waals surface area contributed by atoms with E-state index in [1.54, 1.807) is 20.8 Å². The Morgan fingerprint density at radius 2 is 1.92 bits per heavy atom. The van der Waals surface area contributed by atoms with E-state index >= 15 is 0 Å². The van der Waals surface area contributed by atoms with Crippen molar-refractivity contribution in [1.82, 2.24) is 19.8 Å². The molecule has 1 saturated heterocycles. The minimum absolute atomic E-state index is 0.00530. The van der Waals surface area contributed by atoms with E-state index in [1.165, 1.54) is 23.2 Å². The van der Waals surface area contributed by atoms with Crippen molar-refractivity contribution >= 4 is 18.5 Å². The van der Waals surface area contributed by atoms with E-state index in [0.717, 1.165) is 24.3 Å². The van der Waals surface area contributed by atoms with Gasteiger partial charge in [0.2, 0.25) is 6.41 Å². The summed E-state index contributed by atoms with van der Waals surface area (Å²) >= 11 is 0. The highest BCUT2D eigenvalue weighted by Crippen LogP contribution is 2.30. The van der Waals surface area contributed by atoms with E-state index in [-0.39, 0.29) is 41.9 Å². The molecule has 37 heavy (non-hydrogen) atoms. The third-order valence-corrected chi connectivity index (χ3v) is 5.53. The number of esters is 1. The van der Waals surface area contributed by atoms with Crippen molar-refractivity contribution in [1.29, 1.82) is 0 Å². The highest BCUT2D eigenvalue weighted by molar-refractivity contribution is 5.91. The number of carbonyl (C=O) groups excluding carboxylic acids is 3. The summed E-state index contributed by atoms with van der Waals surface area (Å²) < 4.78 is 48.8. The molecule has 13 heteroatoms. The molecule has 3 heterocycles. The number of methoxy groups -OCH3 is 1. The van der Waals surface area contributed by atoms with Crippen LogP contribution in [0.1, 0.15) is 48.8 Å². The van der Waals surface area contributed by atoms with Crippen molar-refractivity contribution < 1.29 is 42.1 Å². The first-order chi connectivity index (χ1) is 17.2. The van der Waals surface area contributed by atoms with E-state index in [4.69, 9.17) is 9.47 Å². The van der Waals surface area contributed by atoms with E-state index in [9.17, 15) is 32.7 Å². The van der Waals surface area contributed by atoms with Gasteiger partial charge in [0.15, 0.2) is 0 Å². The third-order valence-electron chi connectivity index (χ3n) is 5.53. The maximum absolute atomic E-state index is 12.9. The zero-order valence-electron chi connectivity index (χ0n) is 20.7. The van der Waals surface area contributed by atoms with Crippen LogP contribution in [0.3, 0.4) is 0 Å². The second kappa shape index (κ2) is 10.7. The first-order valence-corrected chi connectivity index (χ1v) is 11.2. The van der Waals surface area contributed by atoms with Crippen LogP contribution in [-0.2, 0) is 27.0 Å². The van der Waals surface area contributed by atoms with Crippen molar-refractivity contribution in [2.45, 2.75) is 57.8 Å². The molecular formula is C24H27F3N4O6. The van der Waals surface area contributed by atoms with E-state index in [1.807, 2.05) is 0 Å². The van der Waals surface area contributed by atoms with Gasteiger partial charge in [-0.25, -0.2) is 9.59 Å². The Kier molecular flexibility index (Phi) is 8.06. The molecule has 10 nitrogen and oxygen atoms in total. The zero-order chi connectivity index (χ0) is 27.5. The van der Waals surface area contributed by atoms with Gasteiger partial charge in [0.1, 0.15) is 17.5 Å². The van der Waals surface area contributed by atoms with Crippen LogP contribution < -0.4 is 0 Å². The highest BCUT2D eigenvalue weighted by Gasteiger charge is 2.42. The molecule has 2 unspecified atom stereocenters. The van der Waals surface area contributed by atoms with Crippen molar-refractivity contribution in [3.63, 3.8) is 0 Å². The highest BCUT2D eigenvalue weighted by atomic mass is 19.4. The Morgan fingerprint density at radius 1 is 1.22 bits per heavy atom. The first-order valence-electron chi connectivity index (χ1n) is 11.2. The van der Waals surface area contributed by atoms with Crippen molar-refractivity contribution in [3.05, 3.63) is 47.4 Å². The smallest absolute Gasteiger partial charge is 0.433 e. The number of likely N-dealkylation sites (tertiary alicyclic amines) is 1. The van der Waals surface area contributed by atoms with E-state index < -0.39 is 41.8 Å². The van der Waals surface area contributed by atoms with Gasteiger partial charge in [-0.2, -0.15) is 13.2 Å². The number of aliphatic hydroxyl groups excluding tert-OH is 1. The van der Waals surface area contributed by atoms with Gasteiger partial charge in [-0.05, 0) is 51.0 Å². The molecule has 2 amide bonds. The lowest BCUT2D eigenvalue weighted by molar-refractivity contribution is -0.141. The second-order valence-electron chi connectivity index (χ2n) is 9.37. The van der Waals surface area contributed by atoms with Gasteiger partial charge in [0.05, 0.1) is 24.5 Å². The molecule has 1 aliphatic heterocycles. The summed E-state index contributed by atoms with van der Waals surface area (Å²) in [5.41, 5.74) is -1.24. The number of halogens is 3. The lowest BCUT2D eigenvalue weighted by atomic mass is 10.0. The Morgan fingerprint density at radius 3 is 2.46 bits per heavy atom. The average molecular weight is 524 g/mol. The van der Waals surface area contributed by atoms with Crippen LogP contribution in [0.25, 0.3) is 11.3 Å². The average Bonchev–Trinajstić information content (AvgIpc) is 3.21. The normalized spacial score (nSPS) is 17.9. The van der Waals surface area contributed by atoms with Crippen LogP contribution >= 0.6 is 0 Å². The Hall–Kier alpha value is -3.74. The summed E-state index contributed by atoms with van der Waals surface area (Å²) in [6.45, 7) is 4.93. The van der Waals surface area contributed by atoms with Gasteiger partial charge in [-0.15, -0.1) is 0 Å². The number of carbonyl (C=O) groups is 3. The molecule has 0 bridgehead atoms. The molecule has 1 N–H and O–H groups in total. The van der Waals surface area contributed by atoms with E-state index in [2.05, 4.69) is 9.97 Å². The molecule has 0 aromatic carbocycles. The van der Waals surface area contributed by atoms with Gasteiger partial charge in [0, 0.05) is 31.0 Å². The molecule has 2 aromatic heterocycles. The van der Waals surface area contributed by atoms with Crippen LogP contribution in [0.5, 0.6) is 0 Å². The quantitative estimate of drug-likeness (QED) is 0.452. The number of rotatable bonds is 6. The number of hydrogen-bond donors (Lipinski definition) is 1. The monoisotopic (exact) mass is 524 g/mol. The van der Waals surface area contributed by atoms with Crippen LogP contribution in [0.2, 0.25) is 0 Å². The largest absolute Gasteiger partial charge is 0.465 e. The summed E-state index contributed by atoms with van der Waals surface area (Å²) in [6, 6.07) is 3.39.